The van der Waals surface area contributed by atoms with Crippen LogP contribution in [0.15, 0.2) is 59.0 Å². The monoisotopic (exact) mass is 308 g/mol. The van der Waals surface area contributed by atoms with E-state index in [2.05, 4.69) is 43.1 Å². The summed E-state index contributed by atoms with van der Waals surface area (Å²) in [6, 6.07) is 17.8. The van der Waals surface area contributed by atoms with Crippen molar-refractivity contribution in [3.8, 4) is 17.2 Å². The molecule has 0 N–H and O–H groups in total. The van der Waals surface area contributed by atoms with E-state index in [1.54, 1.807) is 0 Å². The lowest BCUT2D eigenvalue weighted by atomic mass is 9.87. The summed E-state index contributed by atoms with van der Waals surface area (Å²) in [6.45, 7) is 6.79. The Balaban J connectivity index is 1.69. The molecule has 2 aromatic carbocycles. The number of benzene rings is 2. The second-order valence-corrected chi connectivity index (χ2v) is 6.43. The number of hydrogen-bond donors (Lipinski definition) is 0. The van der Waals surface area contributed by atoms with Gasteiger partial charge in [0, 0.05) is 5.56 Å². The van der Waals surface area contributed by atoms with Crippen LogP contribution >= 0.6 is 0 Å². The SMILES string of the molecule is CC(C)(C)c1cccc(OCc2nnc(-c3ccccc3)o2)c1. The fraction of sp³-hybridized carbons (Fsp3) is 0.263. The highest BCUT2D eigenvalue weighted by molar-refractivity contribution is 5.51. The first-order chi connectivity index (χ1) is 11.0. The summed E-state index contributed by atoms with van der Waals surface area (Å²) in [5.74, 6) is 1.77. The van der Waals surface area contributed by atoms with Gasteiger partial charge >= 0.3 is 0 Å². The minimum absolute atomic E-state index is 0.0876. The van der Waals surface area contributed by atoms with E-state index in [0.29, 0.717) is 11.8 Å². The molecule has 1 aromatic heterocycles. The Hall–Kier alpha value is -2.62. The number of rotatable bonds is 4. The van der Waals surface area contributed by atoms with E-state index < -0.39 is 0 Å². The van der Waals surface area contributed by atoms with Crippen molar-refractivity contribution < 1.29 is 9.15 Å². The Morgan fingerprint density at radius 3 is 2.48 bits per heavy atom. The summed E-state index contributed by atoms with van der Waals surface area (Å²) in [4.78, 5) is 0. The number of ether oxygens (including phenoxy) is 1. The zero-order valence-corrected chi connectivity index (χ0v) is 13.6. The van der Waals surface area contributed by atoms with Crippen molar-refractivity contribution in [2.45, 2.75) is 32.8 Å². The van der Waals surface area contributed by atoms with Crippen molar-refractivity contribution in [3.05, 3.63) is 66.1 Å². The van der Waals surface area contributed by atoms with Gasteiger partial charge in [-0.2, -0.15) is 0 Å². The third-order valence-electron chi connectivity index (χ3n) is 3.55. The first-order valence-corrected chi connectivity index (χ1v) is 7.63. The van der Waals surface area contributed by atoms with Crippen molar-refractivity contribution in [2.75, 3.05) is 0 Å². The highest BCUT2D eigenvalue weighted by atomic mass is 16.5. The molecule has 0 amide bonds. The molecule has 0 aliphatic carbocycles. The van der Waals surface area contributed by atoms with Crippen LogP contribution in [0.5, 0.6) is 5.75 Å². The number of hydrogen-bond acceptors (Lipinski definition) is 4. The lowest BCUT2D eigenvalue weighted by Crippen LogP contribution is -2.11. The van der Waals surface area contributed by atoms with Crippen LogP contribution in [0.4, 0.5) is 0 Å². The van der Waals surface area contributed by atoms with E-state index in [4.69, 9.17) is 9.15 Å². The zero-order valence-electron chi connectivity index (χ0n) is 13.6. The molecular weight excluding hydrogens is 288 g/mol. The van der Waals surface area contributed by atoms with Gasteiger partial charge in [0.2, 0.25) is 5.89 Å². The van der Waals surface area contributed by atoms with Crippen LogP contribution in [0, 0.1) is 0 Å². The topological polar surface area (TPSA) is 48.2 Å². The lowest BCUT2D eigenvalue weighted by Gasteiger charge is -2.19. The van der Waals surface area contributed by atoms with E-state index >= 15 is 0 Å². The van der Waals surface area contributed by atoms with E-state index in [0.717, 1.165) is 11.3 Å². The average Bonchev–Trinajstić information content (AvgIpc) is 3.02. The number of aromatic nitrogens is 2. The number of nitrogens with zero attached hydrogens (tertiary/aromatic N) is 2. The molecule has 118 valence electrons. The van der Waals surface area contributed by atoms with Crippen molar-refractivity contribution >= 4 is 0 Å². The summed E-state index contributed by atoms with van der Waals surface area (Å²) in [6.07, 6.45) is 0. The molecule has 3 rings (SSSR count). The predicted molar refractivity (Wildman–Crippen MR) is 89.2 cm³/mol. The van der Waals surface area contributed by atoms with E-state index in [9.17, 15) is 0 Å². The fourth-order valence-electron chi connectivity index (χ4n) is 2.21. The molecule has 0 fully saturated rings. The minimum atomic E-state index is 0.0876. The Kier molecular flexibility index (Phi) is 4.15. The molecule has 0 bridgehead atoms. The maximum absolute atomic E-state index is 5.78. The summed E-state index contributed by atoms with van der Waals surface area (Å²) in [7, 11) is 0. The van der Waals surface area contributed by atoms with Gasteiger partial charge in [-0.05, 0) is 35.2 Å². The highest BCUT2D eigenvalue weighted by Crippen LogP contribution is 2.26. The second-order valence-electron chi connectivity index (χ2n) is 6.43. The van der Waals surface area contributed by atoms with Gasteiger partial charge in [0.15, 0.2) is 6.61 Å². The maximum Gasteiger partial charge on any atom is 0.254 e. The third-order valence-corrected chi connectivity index (χ3v) is 3.55. The van der Waals surface area contributed by atoms with Gasteiger partial charge in [0.1, 0.15) is 5.75 Å². The molecular formula is C19H20N2O2. The molecule has 0 aliphatic heterocycles. The molecule has 0 aliphatic rings. The fourth-order valence-corrected chi connectivity index (χ4v) is 2.21. The van der Waals surface area contributed by atoms with Gasteiger partial charge in [-0.3, -0.25) is 0 Å². The molecule has 1 heterocycles. The minimum Gasteiger partial charge on any atom is -0.484 e. The molecule has 0 saturated heterocycles. The van der Waals surface area contributed by atoms with E-state index in [-0.39, 0.29) is 12.0 Å². The first-order valence-electron chi connectivity index (χ1n) is 7.63. The van der Waals surface area contributed by atoms with Crippen molar-refractivity contribution in [3.63, 3.8) is 0 Å². The standard InChI is InChI=1S/C19H20N2O2/c1-19(2,3)15-10-7-11-16(12-15)22-13-17-20-21-18(23-17)14-8-5-4-6-9-14/h4-12H,13H2,1-3H3. The molecule has 4 heteroatoms. The van der Waals surface area contributed by atoms with Gasteiger partial charge in [-0.25, -0.2) is 0 Å². The Bertz CT molecular complexity index is 773. The van der Waals surface area contributed by atoms with E-state index in [1.165, 1.54) is 5.56 Å². The van der Waals surface area contributed by atoms with Crippen molar-refractivity contribution in [2.24, 2.45) is 0 Å². The molecule has 0 unspecified atom stereocenters. The molecule has 23 heavy (non-hydrogen) atoms. The van der Waals surface area contributed by atoms with Gasteiger partial charge in [-0.15, -0.1) is 10.2 Å². The summed E-state index contributed by atoms with van der Waals surface area (Å²) in [5.41, 5.74) is 2.22. The Morgan fingerprint density at radius 1 is 0.957 bits per heavy atom. The van der Waals surface area contributed by atoms with Crippen LogP contribution in [0.2, 0.25) is 0 Å². The van der Waals surface area contributed by atoms with Crippen LogP contribution < -0.4 is 4.74 Å². The molecule has 3 aromatic rings. The average molecular weight is 308 g/mol. The van der Waals surface area contributed by atoms with Crippen molar-refractivity contribution in [1.29, 1.82) is 0 Å². The van der Waals surface area contributed by atoms with Crippen LogP contribution in [0.1, 0.15) is 32.2 Å². The second kappa shape index (κ2) is 6.24. The first kappa shape index (κ1) is 15.3. The van der Waals surface area contributed by atoms with E-state index in [1.807, 2.05) is 42.5 Å². The predicted octanol–water partition coefficient (Wildman–Crippen LogP) is 4.61. The summed E-state index contributed by atoms with van der Waals surface area (Å²) >= 11 is 0. The Labute approximate surface area is 136 Å². The third kappa shape index (κ3) is 3.77. The molecule has 0 atom stereocenters. The summed E-state index contributed by atoms with van der Waals surface area (Å²) in [5, 5.41) is 8.10. The molecule has 0 radical (unpaired) electrons. The normalized spacial score (nSPS) is 11.4. The quantitative estimate of drug-likeness (QED) is 0.706. The maximum atomic E-state index is 5.78. The Morgan fingerprint density at radius 2 is 1.74 bits per heavy atom. The van der Waals surface area contributed by atoms with Crippen LogP contribution in [-0.4, -0.2) is 10.2 Å². The smallest absolute Gasteiger partial charge is 0.254 e. The summed E-state index contributed by atoms with van der Waals surface area (Å²) < 4.78 is 11.4. The molecule has 0 spiro atoms. The molecule has 4 nitrogen and oxygen atoms in total. The molecule has 0 saturated carbocycles. The van der Waals surface area contributed by atoms with Crippen molar-refractivity contribution in [1.82, 2.24) is 10.2 Å². The largest absolute Gasteiger partial charge is 0.484 e. The van der Waals surface area contributed by atoms with Gasteiger partial charge in [0.05, 0.1) is 0 Å². The van der Waals surface area contributed by atoms with Crippen LogP contribution in [-0.2, 0) is 12.0 Å². The zero-order chi connectivity index (χ0) is 16.3. The van der Waals surface area contributed by atoms with Gasteiger partial charge in [-0.1, -0.05) is 51.1 Å². The lowest BCUT2D eigenvalue weighted by molar-refractivity contribution is 0.264. The highest BCUT2D eigenvalue weighted by Gasteiger charge is 2.14. The van der Waals surface area contributed by atoms with Crippen LogP contribution in [0.3, 0.4) is 0 Å². The van der Waals surface area contributed by atoms with Gasteiger partial charge in [0.25, 0.3) is 5.89 Å². The van der Waals surface area contributed by atoms with Gasteiger partial charge < -0.3 is 9.15 Å². The van der Waals surface area contributed by atoms with Crippen LogP contribution in [0.25, 0.3) is 11.5 Å².